The Balaban J connectivity index is 2.60. The largest absolute Gasteiger partial charge is 0.392 e. The molecule has 0 unspecified atom stereocenters. The minimum atomic E-state index is -0.652. The molecule has 0 saturated carbocycles. The molecule has 2 N–H and O–H groups in total. The van der Waals surface area contributed by atoms with Crippen LogP contribution in [0.2, 0.25) is 0 Å². The number of thiocarbonyl (C=S) groups is 1. The molecule has 21 heavy (non-hydrogen) atoms. The Morgan fingerprint density at radius 3 is 2.10 bits per heavy atom. The van der Waals surface area contributed by atoms with E-state index < -0.39 is 5.41 Å². The van der Waals surface area contributed by atoms with Crippen LogP contribution in [0.3, 0.4) is 0 Å². The molecule has 122 valence electrons. The highest BCUT2D eigenvalue weighted by Crippen LogP contribution is 2.30. The summed E-state index contributed by atoms with van der Waals surface area (Å²) in [5.41, 5.74) is 5.22. The normalized spacial score (nSPS) is 17.3. The summed E-state index contributed by atoms with van der Waals surface area (Å²) in [4.78, 5) is 19.7. The maximum absolute atomic E-state index is 12.8. The third-order valence-electron chi connectivity index (χ3n) is 4.61. The van der Waals surface area contributed by atoms with E-state index in [1.54, 1.807) is 0 Å². The SMILES string of the molecule is CCC(CC)(C(=O)N1CCN(CCN(C)C)CC1)C(N)=S. The standard InChI is InChI=1S/C15H30N4OS/c1-5-15(6-2,13(16)21)14(20)19-11-9-18(10-12-19)8-7-17(3)4/h5-12H2,1-4H3,(H2,16,21). The maximum atomic E-state index is 12.8. The van der Waals surface area contributed by atoms with Crippen LogP contribution in [0.1, 0.15) is 26.7 Å². The van der Waals surface area contributed by atoms with Gasteiger partial charge in [0.1, 0.15) is 0 Å². The van der Waals surface area contributed by atoms with Gasteiger partial charge in [0.25, 0.3) is 0 Å². The number of nitrogens with two attached hydrogens (primary N) is 1. The molecule has 5 nitrogen and oxygen atoms in total. The average molecular weight is 314 g/mol. The second-order valence-electron chi connectivity index (χ2n) is 6.09. The van der Waals surface area contributed by atoms with Gasteiger partial charge < -0.3 is 15.5 Å². The predicted octanol–water partition coefficient (Wildman–Crippen LogP) is 0.785. The second kappa shape index (κ2) is 8.06. The van der Waals surface area contributed by atoms with Gasteiger partial charge in [-0.25, -0.2) is 0 Å². The van der Waals surface area contributed by atoms with Crippen LogP contribution < -0.4 is 5.73 Å². The first-order chi connectivity index (χ1) is 9.87. The summed E-state index contributed by atoms with van der Waals surface area (Å²) >= 11 is 5.18. The average Bonchev–Trinajstić information content (AvgIpc) is 2.47. The lowest BCUT2D eigenvalue weighted by Crippen LogP contribution is -2.56. The zero-order valence-electron chi connectivity index (χ0n) is 13.9. The van der Waals surface area contributed by atoms with Crippen molar-refractivity contribution in [3.8, 4) is 0 Å². The highest BCUT2D eigenvalue weighted by molar-refractivity contribution is 7.80. The van der Waals surface area contributed by atoms with E-state index in [4.69, 9.17) is 18.0 Å². The van der Waals surface area contributed by atoms with Crippen molar-refractivity contribution >= 4 is 23.1 Å². The van der Waals surface area contributed by atoms with Gasteiger partial charge in [0, 0.05) is 39.3 Å². The van der Waals surface area contributed by atoms with Crippen LogP contribution in [-0.2, 0) is 4.79 Å². The predicted molar refractivity (Wildman–Crippen MR) is 91.4 cm³/mol. The molecule has 1 rings (SSSR count). The van der Waals surface area contributed by atoms with Crippen LogP contribution in [0.4, 0.5) is 0 Å². The molecule has 1 amide bonds. The van der Waals surface area contributed by atoms with E-state index >= 15 is 0 Å². The van der Waals surface area contributed by atoms with E-state index in [0.29, 0.717) is 17.8 Å². The lowest BCUT2D eigenvalue weighted by Gasteiger charge is -2.40. The first-order valence-corrected chi connectivity index (χ1v) is 8.24. The van der Waals surface area contributed by atoms with Crippen molar-refractivity contribution in [1.82, 2.24) is 14.7 Å². The van der Waals surface area contributed by atoms with Crippen molar-refractivity contribution in [1.29, 1.82) is 0 Å². The third kappa shape index (κ3) is 4.37. The molecule has 1 aliphatic rings. The van der Waals surface area contributed by atoms with Gasteiger partial charge in [-0.1, -0.05) is 26.1 Å². The minimum absolute atomic E-state index is 0.118. The molecule has 1 saturated heterocycles. The smallest absolute Gasteiger partial charge is 0.235 e. The van der Waals surface area contributed by atoms with Crippen molar-refractivity contribution in [2.45, 2.75) is 26.7 Å². The van der Waals surface area contributed by atoms with Gasteiger partial charge in [-0.2, -0.15) is 0 Å². The molecule has 0 aromatic carbocycles. The van der Waals surface area contributed by atoms with Gasteiger partial charge in [0.05, 0.1) is 10.4 Å². The summed E-state index contributed by atoms with van der Waals surface area (Å²) in [5.74, 6) is 0.118. The van der Waals surface area contributed by atoms with Crippen molar-refractivity contribution in [2.24, 2.45) is 11.1 Å². The summed E-state index contributed by atoms with van der Waals surface area (Å²) in [6.45, 7) is 9.50. The second-order valence-corrected chi connectivity index (χ2v) is 6.53. The fourth-order valence-electron chi connectivity index (χ4n) is 2.82. The molecule has 0 aromatic rings. The molecule has 0 aliphatic carbocycles. The van der Waals surface area contributed by atoms with E-state index in [2.05, 4.69) is 23.9 Å². The maximum Gasteiger partial charge on any atom is 0.235 e. The summed E-state index contributed by atoms with van der Waals surface area (Å²) in [7, 11) is 4.16. The molecule has 0 bridgehead atoms. The van der Waals surface area contributed by atoms with Crippen LogP contribution in [0.5, 0.6) is 0 Å². The van der Waals surface area contributed by atoms with Crippen LogP contribution in [0, 0.1) is 5.41 Å². The molecule has 1 fully saturated rings. The van der Waals surface area contributed by atoms with E-state index in [9.17, 15) is 4.79 Å². The number of amides is 1. The molecular formula is C15H30N4OS. The quantitative estimate of drug-likeness (QED) is 0.704. The molecule has 0 atom stereocenters. The van der Waals surface area contributed by atoms with Gasteiger partial charge in [-0.3, -0.25) is 9.69 Å². The number of nitrogens with zero attached hydrogens (tertiary/aromatic N) is 3. The van der Waals surface area contributed by atoms with Crippen molar-refractivity contribution < 1.29 is 4.79 Å². The molecule has 1 aliphatic heterocycles. The van der Waals surface area contributed by atoms with Gasteiger partial charge in [0.2, 0.25) is 5.91 Å². The van der Waals surface area contributed by atoms with E-state index in [1.807, 2.05) is 18.7 Å². The molecule has 6 heteroatoms. The number of carbonyl (C=O) groups is 1. The van der Waals surface area contributed by atoms with Gasteiger partial charge in [-0.15, -0.1) is 0 Å². The highest BCUT2D eigenvalue weighted by Gasteiger charge is 2.41. The molecular weight excluding hydrogens is 284 g/mol. The van der Waals surface area contributed by atoms with Crippen LogP contribution in [0.25, 0.3) is 0 Å². The zero-order valence-corrected chi connectivity index (χ0v) is 14.7. The number of carbonyl (C=O) groups excluding carboxylic acids is 1. The number of hydrogen-bond donors (Lipinski definition) is 1. The van der Waals surface area contributed by atoms with Crippen LogP contribution in [0.15, 0.2) is 0 Å². The first-order valence-electron chi connectivity index (χ1n) is 7.83. The Morgan fingerprint density at radius 1 is 1.19 bits per heavy atom. The molecule has 0 spiro atoms. The summed E-state index contributed by atoms with van der Waals surface area (Å²) in [6.07, 6.45) is 1.36. The summed E-state index contributed by atoms with van der Waals surface area (Å²) < 4.78 is 0. The Kier molecular flexibility index (Phi) is 7.03. The lowest BCUT2D eigenvalue weighted by molar-refractivity contribution is -0.140. The van der Waals surface area contributed by atoms with Gasteiger partial charge in [-0.05, 0) is 26.9 Å². The summed E-state index contributed by atoms with van der Waals surface area (Å²) in [5, 5.41) is 0. The molecule has 0 aromatic heterocycles. The topological polar surface area (TPSA) is 52.8 Å². The minimum Gasteiger partial charge on any atom is -0.392 e. The van der Waals surface area contributed by atoms with Crippen molar-refractivity contribution in [3.63, 3.8) is 0 Å². The fourth-order valence-corrected chi connectivity index (χ4v) is 3.20. The highest BCUT2D eigenvalue weighted by atomic mass is 32.1. The Morgan fingerprint density at radius 2 is 1.71 bits per heavy atom. The van der Waals surface area contributed by atoms with E-state index in [0.717, 1.165) is 39.3 Å². The fraction of sp³-hybridized carbons (Fsp3) is 0.867. The Labute approximate surface area is 134 Å². The number of rotatable bonds is 7. The monoisotopic (exact) mass is 314 g/mol. The molecule has 1 heterocycles. The Bertz CT molecular complexity index is 361. The first kappa shape index (κ1) is 18.3. The summed E-state index contributed by atoms with van der Waals surface area (Å²) in [6, 6.07) is 0. The molecule has 0 radical (unpaired) electrons. The van der Waals surface area contributed by atoms with E-state index in [1.165, 1.54) is 0 Å². The van der Waals surface area contributed by atoms with E-state index in [-0.39, 0.29) is 5.91 Å². The number of likely N-dealkylation sites (N-methyl/N-ethyl adjacent to an activating group) is 1. The third-order valence-corrected chi connectivity index (χ3v) is 5.00. The van der Waals surface area contributed by atoms with Crippen molar-refractivity contribution in [2.75, 3.05) is 53.4 Å². The number of piperazine rings is 1. The van der Waals surface area contributed by atoms with Crippen molar-refractivity contribution in [3.05, 3.63) is 0 Å². The van der Waals surface area contributed by atoms with Gasteiger partial charge >= 0.3 is 0 Å². The van der Waals surface area contributed by atoms with Gasteiger partial charge in [0.15, 0.2) is 0 Å². The van der Waals surface area contributed by atoms with Crippen LogP contribution in [-0.4, -0.2) is 79.0 Å². The lowest BCUT2D eigenvalue weighted by atomic mass is 9.80. The Hall–Kier alpha value is -0.720. The zero-order chi connectivity index (χ0) is 16.0. The number of hydrogen-bond acceptors (Lipinski definition) is 4. The van der Waals surface area contributed by atoms with Crippen LogP contribution >= 0.6 is 12.2 Å².